The molecule has 0 spiro atoms. The van der Waals surface area contributed by atoms with Crippen molar-refractivity contribution in [2.75, 3.05) is 5.73 Å². The Hall–Kier alpha value is -3.48. The maximum atomic E-state index is 10.7. The van der Waals surface area contributed by atoms with Gasteiger partial charge in [-0.05, 0) is 12.1 Å². The van der Waals surface area contributed by atoms with E-state index >= 15 is 0 Å². The number of fused-ring (bicyclic) bond motifs is 1. The molecule has 0 radical (unpaired) electrons. The van der Waals surface area contributed by atoms with Gasteiger partial charge in [-0.15, -0.1) is 5.10 Å². The Morgan fingerprint density at radius 3 is 2.65 bits per heavy atom. The average molecular weight is 305 g/mol. The molecule has 0 aliphatic heterocycles. The number of hydrogen-bond acceptors (Lipinski definition) is 6. The number of nitrogen functional groups attached to an aromatic ring is 1. The molecule has 23 heavy (non-hydrogen) atoms. The lowest BCUT2D eigenvalue weighted by atomic mass is 10.1. The number of furan rings is 1. The number of hydrogen-bond donors (Lipinski definition) is 1. The summed E-state index contributed by atoms with van der Waals surface area (Å²) >= 11 is 0. The molecular formula is C16H11N5O2. The Labute approximate surface area is 130 Å². The first-order valence-corrected chi connectivity index (χ1v) is 6.87. The van der Waals surface area contributed by atoms with Gasteiger partial charge in [0.25, 0.3) is 0 Å². The van der Waals surface area contributed by atoms with Crippen LogP contribution in [0, 0.1) is 0 Å². The second-order valence-corrected chi connectivity index (χ2v) is 4.93. The van der Waals surface area contributed by atoms with E-state index in [4.69, 9.17) is 10.2 Å². The van der Waals surface area contributed by atoms with Crippen LogP contribution in [0.4, 0.5) is 5.82 Å². The summed E-state index contributed by atoms with van der Waals surface area (Å²) in [5, 5.41) is 4.37. The smallest absolute Gasteiger partial charge is 0.218 e. The minimum absolute atomic E-state index is 0.271. The fourth-order valence-electron chi connectivity index (χ4n) is 2.29. The molecule has 112 valence electrons. The molecule has 3 aromatic heterocycles. The second-order valence-electron chi connectivity index (χ2n) is 4.93. The maximum absolute atomic E-state index is 10.7. The number of nitrogens with zero attached hydrogens (tertiary/aromatic N) is 4. The zero-order valence-electron chi connectivity index (χ0n) is 11.9. The van der Waals surface area contributed by atoms with Gasteiger partial charge in [-0.3, -0.25) is 4.79 Å². The molecule has 4 rings (SSSR count). The summed E-state index contributed by atoms with van der Waals surface area (Å²) < 4.78 is 6.87. The summed E-state index contributed by atoms with van der Waals surface area (Å²) in [4.78, 5) is 19.4. The molecular weight excluding hydrogens is 294 g/mol. The number of nitrogens with two attached hydrogens (primary N) is 1. The average Bonchev–Trinajstić information content (AvgIpc) is 3.24. The first-order chi connectivity index (χ1) is 11.2. The van der Waals surface area contributed by atoms with Crippen LogP contribution in [-0.2, 0) is 0 Å². The summed E-state index contributed by atoms with van der Waals surface area (Å²) in [6.45, 7) is 0. The van der Waals surface area contributed by atoms with Gasteiger partial charge in [0.2, 0.25) is 5.82 Å². The van der Waals surface area contributed by atoms with Gasteiger partial charge in [0.15, 0.2) is 17.2 Å². The van der Waals surface area contributed by atoms with Crippen LogP contribution in [0.15, 0.2) is 53.3 Å². The zero-order valence-corrected chi connectivity index (χ0v) is 11.9. The summed E-state index contributed by atoms with van der Waals surface area (Å²) in [6.07, 6.45) is 4.09. The third-order valence-electron chi connectivity index (χ3n) is 3.43. The third-order valence-corrected chi connectivity index (χ3v) is 3.43. The van der Waals surface area contributed by atoms with Gasteiger partial charge in [0.05, 0.1) is 18.2 Å². The molecule has 0 aliphatic carbocycles. The first kappa shape index (κ1) is 13.2. The van der Waals surface area contributed by atoms with Crippen molar-refractivity contribution in [3.63, 3.8) is 0 Å². The normalized spacial score (nSPS) is 11.0. The number of aromatic nitrogens is 4. The van der Waals surface area contributed by atoms with Gasteiger partial charge in [-0.2, -0.15) is 0 Å². The molecule has 0 saturated heterocycles. The van der Waals surface area contributed by atoms with E-state index in [0.717, 1.165) is 11.8 Å². The number of anilines is 1. The lowest BCUT2D eigenvalue weighted by Gasteiger charge is -2.03. The summed E-state index contributed by atoms with van der Waals surface area (Å²) in [6, 6.07) is 10.6. The molecule has 0 fully saturated rings. The minimum atomic E-state index is 0.271. The molecule has 0 aliphatic rings. The second kappa shape index (κ2) is 5.06. The highest BCUT2D eigenvalue weighted by Crippen LogP contribution is 2.23. The lowest BCUT2D eigenvalue weighted by molar-refractivity contribution is 0.112. The zero-order chi connectivity index (χ0) is 15.8. The predicted molar refractivity (Wildman–Crippen MR) is 83.7 cm³/mol. The number of carbonyl (C=O) groups is 1. The van der Waals surface area contributed by atoms with Crippen LogP contribution in [-0.4, -0.2) is 25.9 Å². The van der Waals surface area contributed by atoms with Crippen molar-refractivity contribution in [2.24, 2.45) is 0 Å². The van der Waals surface area contributed by atoms with E-state index < -0.39 is 0 Å². The monoisotopic (exact) mass is 305 g/mol. The molecule has 0 unspecified atom stereocenters. The van der Waals surface area contributed by atoms with Crippen molar-refractivity contribution in [1.82, 2.24) is 19.6 Å². The van der Waals surface area contributed by atoms with Crippen LogP contribution in [0.2, 0.25) is 0 Å². The van der Waals surface area contributed by atoms with E-state index in [2.05, 4.69) is 15.1 Å². The third kappa shape index (κ3) is 2.24. The van der Waals surface area contributed by atoms with E-state index in [0.29, 0.717) is 28.5 Å². The molecule has 1 aromatic carbocycles. The predicted octanol–water partition coefficient (Wildman–Crippen LogP) is 2.45. The van der Waals surface area contributed by atoms with Crippen molar-refractivity contribution in [3.05, 3.63) is 54.4 Å². The van der Waals surface area contributed by atoms with Crippen LogP contribution in [0.5, 0.6) is 0 Å². The molecule has 7 nitrogen and oxygen atoms in total. The van der Waals surface area contributed by atoms with E-state index in [1.54, 1.807) is 41.2 Å². The van der Waals surface area contributed by atoms with E-state index in [1.165, 1.54) is 0 Å². The Bertz CT molecular complexity index is 987. The molecule has 0 atom stereocenters. The highest BCUT2D eigenvalue weighted by Gasteiger charge is 2.13. The Balaban J connectivity index is 1.84. The summed E-state index contributed by atoms with van der Waals surface area (Å²) in [5.74, 6) is 1.27. The van der Waals surface area contributed by atoms with Crippen LogP contribution < -0.4 is 5.73 Å². The topological polar surface area (TPSA) is 99.3 Å². The first-order valence-electron chi connectivity index (χ1n) is 6.87. The standard InChI is InChI=1S/C16H11N5O2/c17-14-16-19-15(13-2-1-7-23-13)20-21(16)8-12(18-14)11-5-3-10(9-22)4-6-11/h1-9H,(H2,17,18). The highest BCUT2D eigenvalue weighted by atomic mass is 16.3. The van der Waals surface area contributed by atoms with Gasteiger partial charge >= 0.3 is 0 Å². The van der Waals surface area contributed by atoms with E-state index in [9.17, 15) is 4.79 Å². The maximum Gasteiger partial charge on any atom is 0.218 e. The molecule has 3 heterocycles. The van der Waals surface area contributed by atoms with E-state index in [1.807, 2.05) is 12.1 Å². The molecule has 0 saturated carbocycles. The Morgan fingerprint density at radius 1 is 1.13 bits per heavy atom. The number of carbonyl (C=O) groups excluding carboxylic acids is 1. The Kier molecular flexibility index (Phi) is 2.90. The van der Waals surface area contributed by atoms with Crippen molar-refractivity contribution in [2.45, 2.75) is 0 Å². The van der Waals surface area contributed by atoms with Crippen LogP contribution in [0.1, 0.15) is 10.4 Å². The highest BCUT2D eigenvalue weighted by molar-refractivity contribution is 5.77. The molecule has 7 heteroatoms. The van der Waals surface area contributed by atoms with Crippen LogP contribution >= 0.6 is 0 Å². The van der Waals surface area contributed by atoms with Crippen molar-refractivity contribution >= 4 is 17.8 Å². The molecule has 0 bridgehead atoms. The van der Waals surface area contributed by atoms with Crippen LogP contribution in [0.25, 0.3) is 28.5 Å². The van der Waals surface area contributed by atoms with Gasteiger partial charge in [-0.25, -0.2) is 14.5 Å². The van der Waals surface area contributed by atoms with E-state index in [-0.39, 0.29) is 5.82 Å². The minimum Gasteiger partial charge on any atom is -0.461 e. The number of benzene rings is 1. The fourth-order valence-corrected chi connectivity index (χ4v) is 2.29. The SMILES string of the molecule is Nc1nc(-c2ccc(C=O)cc2)cn2nc(-c3ccco3)nc12. The quantitative estimate of drug-likeness (QED) is 0.584. The van der Waals surface area contributed by atoms with Crippen LogP contribution in [0.3, 0.4) is 0 Å². The van der Waals surface area contributed by atoms with Gasteiger partial charge in [-0.1, -0.05) is 24.3 Å². The Morgan fingerprint density at radius 2 is 1.96 bits per heavy atom. The number of rotatable bonds is 3. The van der Waals surface area contributed by atoms with Gasteiger partial charge in [0, 0.05) is 11.1 Å². The van der Waals surface area contributed by atoms with Crippen molar-refractivity contribution in [3.8, 4) is 22.8 Å². The summed E-state index contributed by atoms with van der Waals surface area (Å²) in [5.41, 5.74) is 8.53. The largest absolute Gasteiger partial charge is 0.461 e. The van der Waals surface area contributed by atoms with Crippen molar-refractivity contribution in [1.29, 1.82) is 0 Å². The van der Waals surface area contributed by atoms with Gasteiger partial charge in [0.1, 0.15) is 6.29 Å². The lowest BCUT2D eigenvalue weighted by Crippen LogP contribution is -1.99. The number of aldehydes is 1. The van der Waals surface area contributed by atoms with Crippen molar-refractivity contribution < 1.29 is 9.21 Å². The summed E-state index contributed by atoms with van der Waals surface area (Å²) in [7, 11) is 0. The molecule has 2 N–H and O–H groups in total. The molecule has 4 aromatic rings. The fraction of sp³-hybridized carbons (Fsp3) is 0. The molecule has 0 amide bonds. The van der Waals surface area contributed by atoms with Gasteiger partial charge < -0.3 is 10.2 Å².